The van der Waals surface area contributed by atoms with Gasteiger partial charge < -0.3 is 15.5 Å². The summed E-state index contributed by atoms with van der Waals surface area (Å²) in [5.41, 5.74) is 2.03. The van der Waals surface area contributed by atoms with Gasteiger partial charge in [0.1, 0.15) is 6.04 Å². The highest BCUT2D eigenvalue weighted by atomic mass is 16.2. The predicted octanol–water partition coefficient (Wildman–Crippen LogP) is 2.52. The summed E-state index contributed by atoms with van der Waals surface area (Å²) in [4.78, 5) is 26.3. The second kappa shape index (κ2) is 6.38. The van der Waals surface area contributed by atoms with Crippen LogP contribution in [0.1, 0.15) is 38.2 Å². The highest BCUT2D eigenvalue weighted by Gasteiger charge is 2.36. The molecule has 2 aliphatic rings. The molecule has 118 valence electrons. The van der Waals surface area contributed by atoms with Crippen LogP contribution in [0.5, 0.6) is 0 Å². The summed E-state index contributed by atoms with van der Waals surface area (Å²) < 4.78 is 0. The number of rotatable bonds is 4. The second-order valence-electron chi connectivity index (χ2n) is 6.11. The Hall–Kier alpha value is -2.04. The minimum Gasteiger partial charge on any atom is -0.335 e. The summed E-state index contributed by atoms with van der Waals surface area (Å²) in [5.74, 6) is -0.0901. The van der Waals surface area contributed by atoms with Crippen LogP contribution in [0.4, 0.5) is 10.5 Å². The number of benzene rings is 1. The third-order valence-electron chi connectivity index (χ3n) is 4.35. The average Bonchev–Trinajstić information content (AvgIpc) is 3.19. The maximum absolute atomic E-state index is 12.5. The minimum absolute atomic E-state index is 0.0901. The van der Waals surface area contributed by atoms with Crippen LogP contribution in [-0.4, -0.2) is 35.5 Å². The van der Waals surface area contributed by atoms with E-state index in [9.17, 15) is 9.59 Å². The van der Waals surface area contributed by atoms with Gasteiger partial charge in [0, 0.05) is 18.3 Å². The molecule has 1 aromatic rings. The van der Waals surface area contributed by atoms with Gasteiger partial charge in [-0.05, 0) is 49.8 Å². The Kier molecular flexibility index (Phi) is 4.32. The molecular weight excluding hydrogens is 278 g/mol. The lowest BCUT2D eigenvalue weighted by atomic mass is 10.1. The van der Waals surface area contributed by atoms with Crippen molar-refractivity contribution in [2.45, 2.75) is 51.1 Å². The lowest BCUT2D eigenvalue weighted by molar-refractivity contribution is -0.119. The van der Waals surface area contributed by atoms with E-state index in [1.807, 2.05) is 24.3 Å². The minimum atomic E-state index is -0.357. The number of aryl methyl sites for hydroxylation is 1. The van der Waals surface area contributed by atoms with Crippen LogP contribution in [0.25, 0.3) is 0 Å². The Bertz CT molecular complexity index is 552. The van der Waals surface area contributed by atoms with Crippen molar-refractivity contribution in [3.05, 3.63) is 29.8 Å². The molecule has 0 radical (unpaired) electrons. The first-order valence-electron chi connectivity index (χ1n) is 8.14. The lowest BCUT2D eigenvalue weighted by Crippen LogP contribution is -2.48. The van der Waals surface area contributed by atoms with E-state index in [0.29, 0.717) is 12.6 Å². The van der Waals surface area contributed by atoms with E-state index in [0.717, 1.165) is 37.8 Å². The van der Waals surface area contributed by atoms with Crippen molar-refractivity contribution in [2.24, 2.45) is 0 Å². The number of nitrogens with one attached hydrogen (secondary N) is 2. The SMILES string of the molecule is CCc1ccc(NC(=O)[C@@H]2CCCN2C(=O)NC2CC2)cc1. The van der Waals surface area contributed by atoms with Gasteiger partial charge in [-0.3, -0.25) is 4.79 Å². The van der Waals surface area contributed by atoms with Gasteiger partial charge in [0.05, 0.1) is 0 Å². The number of hydrogen-bond acceptors (Lipinski definition) is 2. The van der Waals surface area contributed by atoms with Gasteiger partial charge in [0.25, 0.3) is 0 Å². The Balaban J connectivity index is 1.60. The molecule has 0 aromatic heterocycles. The van der Waals surface area contributed by atoms with Crippen LogP contribution in [0.2, 0.25) is 0 Å². The second-order valence-corrected chi connectivity index (χ2v) is 6.11. The van der Waals surface area contributed by atoms with Crippen LogP contribution in [0, 0.1) is 0 Å². The largest absolute Gasteiger partial charge is 0.335 e. The first-order chi connectivity index (χ1) is 10.7. The molecular formula is C17H23N3O2. The first-order valence-corrected chi connectivity index (χ1v) is 8.14. The third-order valence-corrected chi connectivity index (χ3v) is 4.35. The van der Waals surface area contributed by atoms with Crippen molar-refractivity contribution in [2.75, 3.05) is 11.9 Å². The van der Waals surface area contributed by atoms with E-state index >= 15 is 0 Å². The van der Waals surface area contributed by atoms with Gasteiger partial charge in [-0.1, -0.05) is 19.1 Å². The maximum Gasteiger partial charge on any atom is 0.318 e. The van der Waals surface area contributed by atoms with Crippen LogP contribution in [0.15, 0.2) is 24.3 Å². The van der Waals surface area contributed by atoms with Crippen molar-refractivity contribution in [1.29, 1.82) is 0 Å². The van der Waals surface area contributed by atoms with Crippen molar-refractivity contribution in [3.8, 4) is 0 Å². The number of carbonyl (C=O) groups excluding carboxylic acids is 2. The van der Waals surface area contributed by atoms with Crippen molar-refractivity contribution >= 4 is 17.6 Å². The summed E-state index contributed by atoms with van der Waals surface area (Å²) in [6.07, 6.45) is 4.70. The number of amides is 3. The fourth-order valence-electron chi connectivity index (χ4n) is 2.82. The Morgan fingerprint density at radius 2 is 1.91 bits per heavy atom. The maximum atomic E-state index is 12.5. The zero-order chi connectivity index (χ0) is 15.5. The quantitative estimate of drug-likeness (QED) is 0.897. The molecule has 0 unspecified atom stereocenters. The molecule has 3 rings (SSSR count). The molecule has 2 N–H and O–H groups in total. The van der Waals surface area contributed by atoms with E-state index < -0.39 is 0 Å². The molecule has 22 heavy (non-hydrogen) atoms. The zero-order valence-corrected chi connectivity index (χ0v) is 13.0. The van der Waals surface area contributed by atoms with Crippen LogP contribution < -0.4 is 10.6 Å². The molecule has 5 heteroatoms. The van der Waals surface area contributed by atoms with Crippen LogP contribution in [0.3, 0.4) is 0 Å². The topological polar surface area (TPSA) is 61.4 Å². The molecule has 2 fully saturated rings. The smallest absolute Gasteiger partial charge is 0.318 e. The fourth-order valence-corrected chi connectivity index (χ4v) is 2.82. The zero-order valence-electron chi connectivity index (χ0n) is 13.0. The molecule has 1 aliphatic heterocycles. The van der Waals surface area contributed by atoms with Crippen molar-refractivity contribution in [3.63, 3.8) is 0 Å². The molecule has 1 atom stereocenters. The molecule has 3 amide bonds. The van der Waals surface area contributed by atoms with Crippen LogP contribution in [-0.2, 0) is 11.2 Å². The van der Waals surface area contributed by atoms with Crippen LogP contribution >= 0.6 is 0 Å². The van der Waals surface area contributed by atoms with E-state index in [1.54, 1.807) is 4.90 Å². The fraction of sp³-hybridized carbons (Fsp3) is 0.529. The lowest BCUT2D eigenvalue weighted by Gasteiger charge is -2.24. The first kappa shape index (κ1) is 14.9. The standard InChI is InChI=1S/C17H23N3O2/c1-2-12-5-7-13(8-6-12)18-16(21)15-4-3-11-20(15)17(22)19-14-9-10-14/h5-8,14-15H,2-4,9-11H2,1H3,(H,18,21)(H,19,22)/t15-/m0/s1. The summed E-state index contributed by atoms with van der Waals surface area (Å²) in [5, 5.41) is 5.89. The normalized spacial score (nSPS) is 20.8. The average molecular weight is 301 g/mol. The van der Waals surface area contributed by atoms with Gasteiger partial charge in [-0.2, -0.15) is 0 Å². The summed E-state index contributed by atoms with van der Waals surface area (Å²) in [7, 11) is 0. The number of likely N-dealkylation sites (tertiary alicyclic amines) is 1. The Morgan fingerprint density at radius 1 is 1.18 bits per heavy atom. The highest BCUT2D eigenvalue weighted by Crippen LogP contribution is 2.23. The molecule has 0 bridgehead atoms. The van der Waals surface area contributed by atoms with E-state index in [-0.39, 0.29) is 18.0 Å². The number of hydrogen-bond donors (Lipinski definition) is 2. The monoisotopic (exact) mass is 301 g/mol. The van der Waals surface area contributed by atoms with Crippen molar-refractivity contribution in [1.82, 2.24) is 10.2 Å². The summed E-state index contributed by atoms with van der Waals surface area (Å²) >= 11 is 0. The molecule has 1 heterocycles. The Morgan fingerprint density at radius 3 is 2.55 bits per heavy atom. The third kappa shape index (κ3) is 3.40. The summed E-state index contributed by atoms with van der Waals surface area (Å²) in [6, 6.07) is 7.73. The predicted molar refractivity (Wildman–Crippen MR) is 85.7 cm³/mol. The van der Waals surface area contributed by atoms with E-state index in [1.165, 1.54) is 5.56 Å². The molecule has 1 aliphatic carbocycles. The van der Waals surface area contributed by atoms with Gasteiger partial charge in [-0.15, -0.1) is 0 Å². The number of anilines is 1. The number of nitrogens with zero attached hydrogens (tertiary/aromatic N) is 1. The molecule has 1 saturated carbocycles. The van der Waals surface area contributed by atoms with E-state index in [4.69, 9.17) is 0 Å². The van der Waals surface area contributed by atoms with Gasteiger partial charge in [0.15, 0.2) is 0 Å². The van der Waals surface area contributed by atoms with Gasteiger partial charge in [-0.25, -0.2) is 4.79 Å². The van der Waals surface area contributed by atoms with E-state index in [2.05, 4.69) is 17.6 Å². The number of urea groups is 1. The highest BCUT2D eigenvalue weighted by molar-refractivity contribution is 5.97. The van der Waals surface area contributed by atoms with Gasteiger partial charge in [0.2, 0.25) is 5.91 Å². The van der Waals surface area contributed by atoms with Crippen molar-refractivity contribution < 1.29 is 9.59 Å². The molecule has 1 saturated heterocycles. The summed E-state index contributed by atoms with van der Waals surface area (Å²) in [6.45, 7) is 2.76. The van der Waals surface area contributed by atoms with Gasteiger partial charge >= 0.3 is 6.03 Å². The number of carbonyl (C=O) groups is 2. The Labute approximate surface area is 131 Å². The molecule has 5 nitrogen and oxygen atoms in total. The molecule has 0 spiro atoms. The molecule has 1 aromatic carbocycles.